The Morgan fingerprint density at radius 3 is 2.46 bits per heavy atom. The van der Waals surface area contributed by atoms with Gasteiger partial charge in [0.25, 0.3) is 0 Å². The van der Waals surface area contributed by atoms with Crippen molar-refractivity contribution in [3.63, 3.8) is 0 Å². The number of sulfonamides is 1. The molecule has 1 aromatic carbocycles. The molecule has 0 radical (unpaired) electrons. The molecule has 0 spiro atoms. The minimum absolute atomic E-state index is 0.0427. The van der Waals surface area contributed by atoms with Crippen LogP contribution in [0.4, 0.5) is 0 Å². The van der Waals surface area contributed by atoms with Crippen molar-refractivity contribution >= 4 is 49.3 Å². The van der Waals surface area contributed by atoms with Crippen molar-refractivity contribution in [2.24, 2.45) is 0 Å². The van der Waals surface area contributed by atoms with Crippen molar-refractivity contribution < 1.29 is 13.2 Å². The maximum absolute atomic E-state index is 12.4. The first kappa shape index (κ1) is 19.3. The van der Waals surface area contributed by atoms with Gasteiger partial charge in [-0.1, -0.05) is 18.2 Å². The molecular formula is C18H19BrN2O3S2. The number of halogens is 1. The molecule has 0 bridgehead atoms. The van der Waals surface area contributed by atoms with Gasteiger partial charge < -0.3 is 4.90 Å². The standard InChI is InChI=1S/C18H19BrN2O3S2/c19-17-8-6-15(25-17)7-9-18(22)21-12-10-14(11-13-21)20-26(23,24)16-4-2-1-3-5-16/h1-9,14,20H,10-13H2/b9-7+. The summed E-state index contributed by atoms with van der Waals surface area (Å²) < 4.78 is 28.5. The zero-order valence-electron chi connectivity index (χ0n) is 14.0. The highest BCUT2D eigenvalue weighted by atomic mass is 79.9. The molecule has 1 amide bonds. The number of benzene rings is 1. The molecule has 0 unspecified atom stereocenters. The molecule has 138 valence electrons. The lowest BCUT2D eigenvalue weighted by molar-refractivity contribution is -0.126. The number of carbonyl (C=O) groups is 1. The van der Waals surface area contributed by atoms with Crippen LogP contribution in [0.1, 0.15) is 17.7 Å². The molecule has 1 aliphatic heterocycles. The van der Waals surface area contributed by atoms with Crippen LogP contribution < -0.4 is 4.72 Å². The van der Waals surface area contributed by atoms with Crippen LogP contribution in [0.3, 0.4) is 0 Å². The molecule has 0 atom stereocenters. The van der Waals surface area contributed by atoms with Crippen LogP contribution in [0.2, 0.25) is 0 Å². The lowest BCUT2D eigenvalue weighted by Crippen LogP contribution is -2.46. The van der Waals surface area contributed by atoms with Gasteiger partial charge in [0.1, 0.15) is 0 Å². The average molecular weight is 455 g/mol. The Hall–Kier alpha value is -1.48. The highest BCUT2D eigenvalue weighted by Gasteiger charge is 2.25. The molecule has 2 heterocycles. The SMILES string of the molecule is O=C(/C=C/c1ccc(Br)s1)N1CCC(NS(=O)(=O)c2ccccc2)CC1. The molecule has 1 aromatic heterocycles. The Kier molecular flexibility index (Phi) is 6.29. The van der Waals surface area contributed by atoms with Gasteiger partial charge in [-0.05, 0) is 59.1 Å². The topological polar surface area (TPSA) is 66.5 Å². The Labute approximate surface area is 165 Å². The second-order valence-corrected chi connectivity index (χ2v) is 10.2. The molecule has 0 saturated carbocycles. The summed E-state index contributed by atoms with van der Waals surface area (Å²) in [6.07, 6.45) is 4.60. The van der Waals surface area contributed by atoms with E-state index < -0.39 is 10.0 Å². The van der Waals surface area contributed by atoms with E-state index in [1.807, 2.05) is 18.2 Å². The van der Waals surface area contributed by atoms with E-state index >= 15 is 0 Å². The average Bonchev–Trinajstić information content (AvgIpc) is 3.06. The predicted molar refractivity (Wildman–Crippen MR) is 107 cm³/mol. The first-order valence-corrected chi connectivity index (χ1v) is 11.3. The molecule has 1 saturated heterocycles. The number of amides is 1. The quantitative estimate of drug-likeness (QED) is 0.702. The van der Waals surface area contributed by atoms with E-state index in [0.717, 1.165) is 8.66 Å². The van der Waals surface area contributed by atoms with Gasteiger partial charge in [-0.15, -0.1) is 11.3 Å². The Bertz CT molecular complexity index is 886. The summed E-state index contributed by atoms with van der Waals surface area (Å²) in [5.74, 6) is -0.0427. The van der Waals surface area contributed by atoms with E-state index in [0.29, 0.717) is 25.9 Å². The maximum Gasteiger partial charge on any atom is 0.246 e. The smallest absolute Gasteiger partial charge is 0.246 e. The van der Waals surface area contributed by atoms with Gasteiger partial charge in [0, 0.05) is 30.1 Å². The van der Waals surface area contributed by atoms with Crippen LogP contribution in [0, 0.1) is 0 Å². The molecule has 5 nitrogen and oxygen atoms in total. The van der Waals surface area contributed by atoms with E-state index in [2.05, 4.69) is 20.7 Å². The summed E-state index contributed by atoms with van der Waals surface area (Å²) in [5, 5.41) is 0. The highest BCUT2D eigenvalue weighted by molar-refractivity contribution is 9.11. The number of hydrogen-bond acceptors (Lipinski definition) is 4. The van der Waals surface area contributed by atoms with E-state index in [9.17, 15) is 13.2 Å². The van der Waals surface area contributed by atoms with Crippen LogP contribution in [0.5, 0.6) is 0 Å². The molecule has 1 N–H and O–H groups in total. The van der Waals surface area contributed by atoms with Gasteiger partial charge in [-0.3, -0.25) is 4.79 Å². The third-order valence-electron chi connectivity index (χ3n) is 4.17. The van der Waals surface area contributed by atoms with E-state index in [1.54, 1.807) is 52.6 Å². The number of nitrogens with one attached hydrogen (secondary N) is 1. The van der Waals surface area contributed by atoms with Gasteiger partial charge in [0.2, 0.25) is 15.9 Å². The number of rotatable bonds is 5. The van der Waals surface area contributed by atoms with Crippen molar-refractivity contribution in [2.45, 2.75) is 23.8 Å². The lowest BCUT2D eigenvalue weighted by Gasteiger charge is -2.31. The zero-order valence-corrected chi connectivity index (χ0v) is 17.2. The number of hydrogen-bond donors (Lipinski definition) is 1. The zero-order chi connectivity index (χ0) is 18.6. The van der Waals surface area contributed by atoms with Gasteiger partial charge >= 0.3 is 0 Å². The summed E-state index contributed by atoms with van der Waals surface area (Å²) in [6.45, 7) is 1.08. The van der Waals surface area contributed by atoms with Gasteiger partial charge in [-0.2, -0.15) is 0 Å². The molecule has 26 heavy (non-hydrogen) atoms. The minimum atomic E-state index is -3.51. The number of likely N-dealkylation sites (tertiary alicyclic amines) is 1. The normalized spacial score (nSPS) is 16.3. The summed E-state index contributed by atoms with van der Waals surface area (Å²) in [4.78, 5) is 15.3. The van der Waals surface area contributed by atoms with Crippen molar-refractivity contribution in [2.75, 3.05) is 13.1 Å². The number of thiophene rings is 1. The highest BCUT2D eigenvalue weighted by Crippen LogP contribution is 2.23. The fraction of sp³-hybridized carbons (Fsp3) is 0.278. The fourth-order valence-electron chi connectivity index (χ4n) is 2.78. The Morgan fingerprint density at radius 1 is 1.15 bits per heavy atom. The number of nitrogens with zero attached hydrogens (tertiary/aromatic N) is 1. The van der Waals surface area contributed by atoms with Crippen LogP contribution in [0.25, 0.3) is 6.08 Å². The number of carbonyl (C=O) groups excluding carboxylic acids is 1. The van der Waals surface area contributed by atoms with Crippen LogP contribution in [0.15, 0.2) is 57.2 Å². The van der Waals surface area contributed by atoms with Crippen molar-refractivity contribution in [3.05, 3.63) is 57.2 Å². The third kappa shape index (κ3) is 5.03. The fourth-order valence-corrected chi connectivity index (χ4v) is 5.43. The van der Waals surface area contributed by atoms with Crippen molar-refractivity contribution in [3.8, 4) is 0 Å². The van der Waals surface area contributed by atoms with Gasteiger partial charge in [0.05, 0.1) is 8.68 Å². The van der Waals surface area contributed by atoms with Crippen LogP contribution in [-0.4, -0.2) is 38.4 Å². The first-order valence-electron chi connectivity index (χ1n) is 8.24. The van der Waals surface area contributed by atoms with E-state index in [-0.39, 0.29) is 16.8 Å². The van der Waals surface area contributed by atoms with Crippen LogP contribution >= 0.6 is 27.3 Å². The molecule has 2 aromatic rings. The molecule has 0 aliphatic carbocycles. The minimum Gasteiger partial charge on any atom is -0.339 e. The second kappa shape index (κ2) is 8.47. The third-order valence-corrected chi connectivity index (χ3v) is 7.29. The predicted octanol–water partition coefficient (Wildman–Crippen LogP) is 3.49. The summed E-state index contributed by atoms with van der Waals surface area (Å²) >= 11 is 4.96. The molecule has 1 fully saturated rings. The van der Waals surface area contributed by atoms with Gasteiger partial charge in [-0.25, -0.2) is 13.1 Å². The van der Waals surface area contributed by atoms with Crippen molar-refractivity contribution in [1.29, 1.82) is 0 Å². The summed E-state index contributed by atoms with van der Waals surface area (Å²) in [5.41, 5.74) is 0. The lowest BCUT2D eigenvalue weighted by atomic mass is 10.1. The van der Waals surface area contributed by atoms with E-state index in [1.165, 1.54) is 0 Å². The molecule has 8 heteroatoms. The summed E-state index contributed by atoms with van der Waals surface area (Å²) in [7, 11) is -3.51. The largest absolute Gasteiger partial charge is 0.339 e. The molecule has 1 aliphatic rings. The maximum atomic E-state index is 12.4. The monoisotopic (exact) mass is 454 g/mol. The summed E-state index contributed by atoms with van der Waals surface area (Å²) in [6, 6.07) is 12.1. The Balaban J connectivity index is 1.52. The van der Waals surface area contributed by atoms with Gasteiger partial charge in [0.15, 0.2) is 0 Å². The number of piperidine rings is 1. The first-order chi connectivity index (χ1) is 12.4. The van der Waals surface area contributed by atoms with E-state index in [4.69, 9.17) is 0 Å². The van der Waals surface area contributed by atoms with Crippen LogP contribution in [-0.2, 0) is 14.8 Å². The van der Waals surface area contributed by atoms with Crippen molar-refractivity contribution in [1.82, 2.24) is 9.62 Å². The second-order valence-electron chi connectivity index (χ2n) is 6.01. The molecular weight excluding hydrogens is 436 g/mol. The Morgan fingerprint density at radius 2 is 1.85 bits per heavy atom. The molecule has 3 rings (SSSR count).